The Labute approximate surface area is 159 Å². The molecule has 0 radical (unpaired) electrons. The SMILES string of the molecule is NC1=CC=CC(C(c2cccnc2)C(c2ccccc2)c2ccccn2)N1. The van der Waals surface area contributed by atoms with Crippen LogP contribution < -0.4 is 11.1 Å². The van der Waals surface area contributed by atoms with Crippen LogP contribution in [0.1, 0.15) is 28.7 Å². The standard InChI is InChI=1S/C23H22N4/c24-21-13-6-12-20(27-21)23(18-10-7-14-25-16-18)22(17-8-2-1-3-9-17)19-11-4-5-15-26-19/h1-16,20,22-23,27H,24H2. The molecule has 1 aromatic carbocycles. The second-order valence-corrected chi connectivity index (χ2v) is 6.63. The van der Waals surface area contributed by atoms with Crippen molar-refractivity contribution >= 4 is 0 Å². The van der Waals surface area contributed by atoms with Crippen LogP contribution in [0.5, 0.6) is 0 Å². The maximum absolute atomic E-state index is 6.09. The zero-order valence-corrected chi connectivity index (χ0v) is 14.9. The fraction of sp³-hybridized carbons (Fsp3) is 0.130. The van der Waals surface area contributed by atoms with Crippen molar-refractivity contribution in [1.29, 1.82) is 0 Å². The molecule has 3 heterocycles. The zero-order chi connectivity index (χ0) is 18.5. The quantitative estimate of drug-likeness (QED) is 0.733. The topological polar surface area (TPSA) is 63.8 Å². The predicted octanol–water partition coefficient (Wildman–Crippen LogP) is 3.72. The number of allylic oxidation sites excluding steroid dienone is 2. The van der Waals surface area contributed by atoms with Crippen LogP contribution in [0.2, 0.25) is 0 Å². The normalized spacial score (nSPS) is 18.2. The predicted molar refractivity (Wildman–Crippen MR) is 108 cm³/mol. The molecule has 27 heavy (non-hydrogen) atoms. The summed E-state index contributed by atoms with van der Waals surface area (Å²) in [5.74, 6) is 0.813. The molecule has 1 aliphatic heterocycles. The van der Waals surface area contributed by atoms with E-state index in [1.165, 1.54) is 5.56 Å². The Balaban J connectivity index is 1.86. The third kappa shape index (κ3) is 3.75. The zero-order valence-electron chi connectivity index (χ0n) is 14.9. The maximum Gasteiger partial charge on any atom is 0.0964 e. The van der Waals surface area contributed by atoms with Crippen molar-refractivity contribution < 1.29 is 0 Å². The molecule has 0 bridgehead atoms. The highest BCUT2D eigenvalue weighted by molar-refractivity contribution is 5.38. The van der Waals surface area contributed by atoms with E-state index in [2.05, 4.69) is 52.8 Å². The van der Waals surface area contributed by atoms with Gasteiger partial charge in [-0.2, -0.15) is 0 Å². The highest BCUT2D eigenvalue weighted by Crippen LogP contribution is 2.40. The molecular weight excluding hydrogens is 332 g/mol. The van der Waals surface area contributed by atoms with E-state index in [1.807, 2.05) is 48.8 Å². The fourth-order valence-electron chi connectivity index (χ4n) is 3.74. The maximum atomic E-state index is 6.09. The van der Waals surface area contributed by atoms with E-state index in [0.717, 1.165) is 11.3 Å². The van der Waals surface area contributed by atoms with Gasteiger partial charge < -0.3 is 11.1 Å². The lowest BCUT2D eigenvalue weighted by atomic mass is 9.75. The van der Waals surface area contributed by atoms with Gasteiger partial charge in [0.25, 0.3) is 0 Å². The summed E-state index contributed by atoms with van der Waals surface area (Å²) >= 11 is 0. The van der Waals surface area contributed by atoms with Crippen molar-refractivity contribution in [3.63, 3.8) is 0 Å². The van der Waals surface area contributed by atoms with Gasteiger partial charge in [0.15, 0.2) is 0 Å². The van der Waals surface area contributed by atoms with E-state index in [4.69, 9.17) is 10.7 Å². The van der Waals surface area contributed by atoms with Gasteiger partial charge in [0.2, 0.25) is 0 Å². The second kappa shape index (κ2) is 7.87. The van der Waals surface area contributed by atoms with Gasteiger partial charge in [-0.25, -0.2) is 0 Å². The molecule has 1 aliphatic rings. The van der Waals surface area contributed by atoms with Crippen LogP contribution in [0.15, 0.2) is 103 Å². The van der Waals surface area contributed by atoms with Crippen LogP contribution in [-0.2, 0) is 0 Å². The number of benzene rings is 1. The molecule has 0 saturated heterocycles. The first-order chi connectivity index (χ1) is 13.3. The number of hydrogen-bond acceptors (Lipinski definition) is 4. The average Bonchev–Trinajstić information content (AvgIpc) is 2.74. The molecule has 2 aromatic heterocycles. The van der Waals surface area contributed by atoms with Gasteiger partial charge in [-0.3, -0.25) is 9.97 Å². The summed E-state index contributed by atoms with van der Waals surface area (Å²) in [7, 11) is 0. The number of aromatic nitrogens is 2. The number of hydrogen-bond donors (Lipinski definition) is 2. The Kier molecular flexibility index (Phi) is 4.97. The molecule has 3 aromatic rings. The third-order valence-corrected chi connectivity index (χ3v) is 4.91. The van der Waals surface area contributed by atoms with Gasteiger partial charge in [-0.1, -0.05) is 54.6 Å². The fourth-order valence-corrected chi connectivity index (χ4v) is 3.74. The molecule has 0 saturated carbocycles. The molecule has 4 heteroatoms. The minimum Gasteiger partial charge on any atom is -0.386 e. The molecule has 3 N–H and O–H groups in total. The van der Waals surface area contributed by atoms with E-state index in [9.17, 15) is 0 Å². The monoisotopic (exact) mass is 354 g/mol. The van der Waals surface area contributed by atoms with Crippen LogP contribution >= 0.6 is 0 Å². The Morgan fingerprint density at radius 3 is 2.41 bits per heavy atom. The van der Waals surface area contributed by atoms with Crippen LogP contribution in [0, 0.1) is 0 Å². The molecule has 134 valence electrons. The molecular formula is C23H22N4. The summed E-state index contributed by atoms with van der Waals surface area (Å²) < 4.78 is 0. The highest BCUT2D eigenvalue weighted by Gasteiger charge is 2.33. The van der Waals surface area contributed by atoms with Crippen molar-refractivity contribution in [2.45, 2.75) is 17.9 Å². The largest absolute Gasteiger partial charge is 0.386 e. The van der Waals surface area contributed by atoms with Gasteiger partial charge in [-0.15, -0.1) is 0 Å². The van der Waals surface area contributed by atoms with Crippen molar-refractivity contribution in [1.82, 2.24) is 15.3 Å². The van der Waals surface area contributed by atoms with Crippen LogP contribution in [-0.4, -0.2) is 16.0 Å². The molecule has 3 atom stereocenters. The first-order valence-corrected chi connectivity index (χ1v) is 9.09. The number of pyridine rings is 2. The molecule has 3 unspecified atom stereocenters. The minimum atomic E-state index is 0.0337. The molecule has 4 rings (SSSR count). The first kappa shape index (κ1) is 17.0. The molecule has 0 amide bonds. The van der Waals surface area contributed by atoms with Gasteiger partial charge in [0, 0.05) is 36.1 Å². The van der Waals surface area contributed by atoms with Gasteiger partial charge in [0.05, 0.1) is 11.9 Å². The third-order valence-electron chi connectivity index (χ3n) is 4.91. The summed E-state index contributed by atoms with van der Waals surface area (Å²) in [6, 6.07) is 20.7. The van der Waals surface area contributed by atoms with Crippen LogP contribution in [0.4, 0.5) is 0 Å². The Bertz CT molecular complexity index is 881. The van der Waals surface area contributed by atoms with Crippen molar-refractivity contribution in [3.8, 4) is 0 Å². The smallest absolute Gasteiger partial charge is 0.0964 e. The Hall–Kier alpha value is -3.40. The summed E-state index contributed by atoms with van der Waals surface area (Å²) in [5.41, 5.74) is 9.48. The molecule has 4 nitrogen and oxygen atoms in total. The summed E-state index contributed by atoms with van der Waals surface area (Å²) in [4.78, 5) is 9.07. The number of rotatable bonds is 5. The van der Waals surface area contributed by atoms with Crippen molar-refractivity contribution in [3.05, 3.63) is 120 Å². The van der Waals surface area contributed by atoms with E-state index in [0.29, 0.717) is 5.82 Å². The molecule has 0 aliphatic carbocycles. The lowest BCUT2D eigenvalue weighted by Crippen LogP contribution is -2.39. The van der Waals surface area contributed by atoms with E-state index >= 15 is 0 Å². The van der Waals surface area contributed by atoms with Crippen LogP contribution in [0.3, 0.4) is 0 Å². The molecule has 0 fully saturated rings. The van der Waals surface area contributed by atoms with E-state index < -0.39 is 0 Å². The first-order valence-electron chi connectivity index (χ1n) is 9.09. The average molecular weight is 354 g/mol. The van der Waals surface area contributed by atoms with E-state index in [1.54, 1.807) is 6.20 Å². The van der Waals surface area contributed by atoms with Crippen molar-refractivity contribution in [2.75, 3.05) is 0 Å². The highest BCUT2D eigenvalue weighted by atomic mass is 15.0. The summed E-state index contributed by atoms with van der Waals surface area (Å²) in [6.45, 7) is 0. The number of dihydropyridines is 1. The van der Waals surface area contributed by atoms with Gasteiger partial charge in [-0.05, 0) is 35.4 Å². The molecule has 0 spiro atoms. The lowest BCUT2D eigenvalue weighted by Gasteiger charge is -2.34. The number of nitrogens with zero attached hydrogens (tertiary/aromatic N) is 2. The summed E-state index contributed by atoms with van der Waals surface area (Å²) in [5, 5.41) is 3.43. The number of nitrogens with one attached hydrogen (secondary N) is 1. The lowest BCUT2D eigenvalue weighted by molar-refractivity contribution is 0.480. The minimum absolute atomic E-state index is 0.0337. The summed E-state index contributed by atoms with van der Waals surface area (Å²) in [6.07, 6.45) is 11.6. The number of nitrogens with two attached hydrogens (primary N) is 1. The Morgan fingerprint density at radius 2 is 1.70 bits per heavy atom. The van der Waals surface area contributed by atoms with Crippen molar-refractivity contribution in [2.24, 2.45) is 5.73 Å². The Morgan fingerprint density at radius 1 is 0.889 bits per heavy atom. The van der Waals surface area contributed by atoms with E-state index in [-0.39, 0.29) is 17.9 Å². The second-order valence-electron chi connectivity index (χ2n) is 6.63. The van der Waals surface area contributed by atoms with Crippen LogP contribution in [0.25, 0.3) is 0 Å². The van der Waals surface area contributed by atoms with Gasteiger partial charge in [0.1, 0.15) is 0 Å². The van der Waals surface area contributed by atoms with Gasteiger partial charge >= 0.3 is 0 Å².